The van der Waals surface area contributed by atoms with Gasteiger partial charge in [-0.05, 0) is 46.5 Å². The van der Waals surface area contributed by atoms with Gasteiger partial charge < -0.3 is 0 Å². The number of fused-ring (bicyclic) bond motifs is 3. The highest BCUT2D eigenvalue weighted by Crippen LogP contribution is 2.39. The molecule has 0 amide bonds. The summed E-state index contributed by atoms with van der Waals surface area (Å²) < 4.78 is 0. The summed E-state index contributed by atoms with van der Waals surface area (Å²) in [5.74, 6) is 0.708. The van der Waals surface area contributed by atoms with Crippen molar-refractivity contribution >= 4 is 21.7 Å². The quantitative estimate of drug-likeness (QED) is 0.170. The molecule has 4 nitrogen and oxygen atoms in total. The zero-order valence-electron chi connectivity index (χ0n) is 27.1. The van der Waals surface area contributed by atoms with Gasteiger partial charge in [0.15, 0.2) is 5.82 Å². The molecule has 3 aromatic heterocycles. The van der Waals surface area contributed by atoms with Gasteiger partial charge in [0.2, 0.25) is 0 Å². The van der Waals surface area contributed by atoms with E-state index in [1.807, 2.05) is 54.9 Å². The highest BCUT2D eigenvalue weighted by Gasteiger charge is 2.16. The average Bonchev–Trinajstić information content (AvgIpc) is 3.21. The summed E-state index contributed by atoms with van der Waals surface area (Å²) in [7, 11) is 0. The molecule has 9 rings (SSSR count). The molecule has 50 heavy (non-hydrogen) atoms. The normalized spacial score (nSPS) is 11.2. The minimum absolute atomic E-state index is 0.708. The fraction of sp³-hybridized carbons (Fsp3) is 0. The molecule has 0 bridgehead atoms. The lowest BCUT2D eigenvalue weighted by Gasteiger charge is -2.15. The second-order valence-electron chi connectivity index (χ2n) is 12.3. The van der Waals surface area contributed by atoms with E-state index in [1.165, 1.54) is 10.9 Å². The van der Waals surface area contributed by atoms with Crippen molar-refractivity contribution < 1.29 is 0 Å². The molecule has 0 aliphatic rings. The Morgan fingerprint density at radius 2 is 0.920 bits per heavy atom. The van der Waals surface area contributed by atoms with Crippen molar-refractivity contribution in [3.05, 3.63) is 182 Å². The molecule has 0 saturated carbocycles. The molecule has 0 N–H and O–H groups in total. The molecule has 6 aromatic carbocycles. The second kappa shape index (κ2) is 12.7. The summed E-state index contributed by atoms with van der Waals surface area (Å²) in [5.41, 5.74) is 12.4. The maximum Gasteiger partial charge on any atom is 0.160 e. The third-order valence-corrected chi connectivity index (χ3v) is 9.20. The van der Waals surface area contributed by atoms with Crippen molar-refractivity contribution in [1.82, 2.24) is 19.9 Å². The Hall–Kier alpha value is -6.78. The van der Waals surface area contributed by atoms with Crippen molar-refractivity contribution in [1.29, 1.82) is 0 Å². The molecule has 0 unspecified atom stereocenters. The molecule has 0 aliphatic carbocycles. The fourth-order valence-electron chi connectivity index (χ4n) is 6.73. The number of rotatable bonds is 6. The summed E-state index contributed by atoms with van der Waals surface area (Å²) in [6, 6.07) is 58.9. The molecule has 234 valence electrons. The van der Waals surface area contributed by atoms with Crippen molar-refractivity contribution in [3.8, 4) is 67.4 Å². The lowest BCUT2D eigenvalue weighted by Crippen LogP contribution is -1.95. The van der Waals surface area contributed by atoms with E-state index in [-0.39, 0.29) is 0 Å². The average molecular weight is 639 g/mol. The van der Waals surface area contributed by atoms with Gasteiger partial charge in [0.05, 0.1) is 22.6 Å². The van der Waals surface area contributed by atoms with E-state index in [9.17, 15) is 0 Å². The first-order valence-electron chi connectivity index (χ1n) is 16.7. The van der Waals surface area contributed by atoms with Crippen LogP contribution in [0.25, 0.3) is 89.1 Å². The van der Waals surface area contributed by atoms with Gasteiger partial charge in [0.1, 0.15) is 0 Å². The first-order chi connectivity index (χ1) is 24.8. The van der Waals surface area contributed by atoms with Crippen LogP contribution < -0.4 is 0 Å². The minimum atomic E-state index is 0.708. The first kappa shape index (κ1) is 29.4. The Bertz CT molecular complexity index is 2550. The van der Waals surface area contributed by atoms with Gasteiger partial charge in [-0.1, -0.05) is 146 Å². The van der Waals surface area contributed by atoms with Gasteiger partial charge in [-0.25, -0.2) is 15.0 Å². The predicted octanol–water partition coefficient (Wildman–Crippen LogP) is 11.6. The molecular weight excluding hydrogens is 609 g/mol. The van der Waals surface area contributed by atoms with Crippen LogP contribution in [0.4, 0.5) is 0 Å². The van der Waals surface area contributed by atoms with E-state index in [0.29, 0.717) is 5.82 Å². The van der Waals surface area contributed by atoms with Crippen molar-refractivity contribution in [2.45, 2.75) is 0 Å². The molecule has 0 atom stereocenters. The summed E-state index contributed by atoms with van der Waals surface area (Å²) >= 11 is 0. The summed E-state index contributed by atoms with van der Waals surface area (Å²) in [6.07, 6.45) is 3.70. The van der Waals surface area contributed by atoms with Gasteiger partial charge in [-0.3, -0.25) is 4.98 Å². The van der Waals surface area contributed by atoms with Crippen LogP contribution in [0, 0.1) is 0 Å². The van der Waals surface area contributed by atoms with Gasteiger partial charge in [0, 0.05) is 50.8 Å². The van der Waals surface area contributed by atoms with E-state index in [4.69, 9.17) is 15.0 Å². The molecule has 0 saturated heterocycles. The van der Waals surface area contributed by atoms with Crippen molar-refractivity contribution in [3.63, 3.8) is 0 Å². The van der Waals surface area contributed by atoms with Gasteiger partial charge >= 0.3 is 0 Å². The predicted molar refractivity (Wildman–Crippen MR) is 205 cm³/mol. The largest absolute Gasteiger partial charge is 0.265 e. The third-order valence-electron chi connectivity index (χ3n) is 9.20. The number of pyridine rings is 2. The van der Waals surface area contributed by atoms with Crippen LogP contribution in [0.1, 0.15) is 0 Å². The van der Waals surface area contributed by atoms with Crippen molar-refractivity contribution in [2.75, 3.05) is 0 Å². The molecule has 0 spiro atoms. The minimum Gasteiger partial charge on any atom is -0.265 e. The fourth-order valence-corrected chi connectivity index (χ4v) is 6.73. The number of hydrogen-bond acceptors (Lipinski definition) is 4. The van der Waals surface area contributed by atoms with E-state index in [1.54, 1.807) is 0 Å². The summed E-state index contributed by atoms with van der Waals surface area (Å²) in [5, 5.41) is 3.44. The van der Waals surface area contributed by atoms with Gasteiger partial charge in [-0.15, -0.1) is 0 Å². The molecule has 0 radical (unpaired) electrons. The van der Waals surface area contributed by atoms with Crippen LogP contribution >= 0.6 is 0 Å². The molecule has 3 heterocycles. The highest BCUT2D eigenvalue weighted by molar-refractivity contribution is 6.17. The zero-order valence-corrected chi connectivity index (χ0v) is 27.1. The van der Waals surface area contributed by atoms with Crippen LogP contribution in [0.2, 0.25) is 0 Å². The van der Waals surface area contributed by atoms with Crippen LogP contribution in [0.3, 0.4) is 0 Å². The summed E-state index contributed by atoms with van der Waals surface area (Å²) in [4.78, 5) is 19.5. The SMILES string of the molecule is c1ccc(-c2cc(-c3ccc(-c4ccc5c(c4)nc(-c4ccccc4)c4cccc(-c6ccncc6)c45)cc3)nc(-c3ccccc3)n2)cc1. The monoisotopic (exact) mass is 638 g/mol. The van der Waals surface area contributed by atoms with Gasteiger partial charge in [0.25, 0.3) is 0 Å². The van der Waals surface area contributed by atoms with Crippen LogP contribution in [0.5, 0.6) is 0 Å². The number of nitrogens with zero attached hydrogens (tertiary/aromatic N) is 4. The molecule has 0 aliphatic heterocycles. The van der Waals surface area contributed by atoms with Gasteiger partial charge in [-0.2, -0.15) is 0 Å². The lowest BCUT2D eigenvalue weighted by atomic mass is 9.92. The zero-order chi connectivity index (χ0) is 33.3. The summed E-state index contributed by atoms with van der Waals surface area (Å²) in [6.45, 7) is 0. The standard InChI is InChI=1S/C46H30N4/c1-4-11-33(12-5-1)41-30-42(50-46(49-41)36-15-8-3-9-16-36)34-21-19-31(20-22-34)37-23-24-39-43(29-37)48-45(35-13-6-2-7-14-35)40-18-10-17-38(44(39)40)32-25-27-47-28-26-32/h1-30H. The smallest absolute Gasteiger partial charge is 0.160 e. The Kier molecular flexibility index (Phi) is 7.45. The number of benzene rings is 6. The van der Waals surface area contributed by atoms with Crippen molar-refractivity contribution in [2.24, 2.45) is 0 Å². The lowest BCUT2D eigenvalue weighted by molar-refractivity contribution is 1.18. The Labute approximate surface area is 290 Å². The molecular formula is C46H30N4. The second-order valence-corrected chi connectivity index (χ2v) is 12.3. The van der Waals surface area contributed by atoms with E-state index in [2.05, 4.69) is 132 Å². The van der Waals surface area contributed by atoms with E-state index in [0.717, 1.165) is 72.3 Å². The number of aromatic nitrogens is 4. The molecule has 9 aromatic rings. The molecule has 0 fully saturated rings. The first-order valence-corrected chi connectivity index (χ1v) is 16.7. The third kappa shape index (κ3) is 5.49. The number of hydrogen-bond donors (Lipinski definition) is 0. The Morgan fingerprint density at radius 3 is 1.60 bits per heavy atom. The van der Waals surface area contributed by atoms with Crippen LogP contribution in [0.15, 0.2) is 182 Å². The van der Waals surface area contributed by atoms with E-state index >= 15 is 0 Å². The highest BCUT2D eigenvalue weighted by atomic mass is 14.9. The topological polar surface area (TPSA) is 51.6 Å². The van der Waals surface area contributed by atoms with Crippen LogP contribution in [-0.4, -0.2) is 19.9 Å². The Morgan fingerprint density at radius 1 is 0.340 bits per heavy atom. The maximum atomic E-state index is 5.31. The maximum absolute atomic E-state index is 5.31. The van der Waals surface area contributed by atoms with Crippen LogP contribution in [-0.2, 0) is 0 Å². The Balaban J connectivity index is 1.16. The molecule has 4 heteroatoms. The van der Waals surface area contributed by atoms with E-state index < -0.39 is 0 Å².